The predicted octanol–water partition coefficient (Wildman–Crippen LogP) is 1.95. The first-order valence-electron chi connectivity index (χ1n) is 4.49. The largest absolute Gasteiger partial charge is 0.690 e. The van der Waals surface area contributed by atoms with Crippen LogP contribution in [0.4, 0.5) is 5.82 Å². The van der Waals surface area contributed by atoms with E-state index in [1.807, 2.05) is 30.3 Å². The van der Waals surface area contributed by atoms with Gasteiger partial charge in [0.2, 0.25) is 6.19 Å². The first-order valence-corrected chi connectivity index (χ1v) is 4.49. The lowest BCUT2D eigenvalue weighted by molar-refractivity contribution is -0.439. The zero-order valence-electron chi connectivity index (χ0n) is 8.19. The highest BCUT2D eigenvalue weighted by molar-refractivity contribution is 5.32. The molecule has 0 fully saturated rings. The van der Waals surface area contributed by atoms with Crippen molar-refractivity contribution >= 4 is 5.82 Å². The first-order chi connectivity index (χ1) is 7.81. The van der Waals surface area contributed by atoms with Gasteiger partial charge >= 0.3 is 5.82 Å². The molecule has 1 heterocycles. The van der Waals surface area contributed by atoms with Gasteiger partial charge in [0.05, 0.1) is 23.0 Å². The van der Waals surface area contributed by atoms with Crippen LogP contribution < -0.4 is 0 Å². The summed E-state index contributed by atoms with van der Waals surface area (Å²) < 4.78 is 1.53. The van der Waals surface area contributed by atoms with Gasteiger partial charge in [-0.1, -0.05) is 18.2 Å². The zero-order valence-corrected chi connectivity index (χ0v) is 8.19. The lowest BCUT2D eigenvalue weighted by atomic mass is 10.3. The molecule has 16 heavy (non-hydrogen) atoms. The number of aromatic nitrogens is 2. The van der Waals surface area contributed by atoms with Crippen molar-refractivity contribution in [3.05, 3.63) is 47.8 Å². The van der Waals surface area contributed by atoms with Crippen molar-refractivity contribution in [2.24, 2.45) is 5.11 Å². The molecule has 0 atom stereocenters. The van der Waals surface area contributed by atoms with E-state index in [1.54, 1.807) is 6.20 Å². The summed E-state index contributed by atoms with van der Waals surface area (Å²) in [5.41, 5.74) is 0.833. The minimum atomic E-state index is 0.0744. The van der Waals surface area contributed by atoms with Crippen molar-refractivity contribution in [3.8, 4) is 11.9 Å². The Bertz CT molecular complexity index is 552. The number of para-hydroxylation sites is 1. The molecule has 78 valence electrons. The number of benzene rings is 1. The Kier molecular flexibility index (Phi) is 2.61. The van der Waals surface area contributed by atoms with Gasteiger partial charge in [0.15, 0.2) is 0 Å². The van der Waals surface area contributed by atoms with E-state index in [1.165, 1.54) is 16.9 Å². The van der Waals surface area contributed by atoms with Crippen LogP contribution in [0, 0.1) is 16.7 Å². The van der Waals surface area contributed by atoms with E-state index in [2.05, 4.69) is 10.2 Å². The molecule has 0 amide bonds. The van der Waals surface area contributed by atoms with Gasteiger partial charge in [-0.05, 0) is 12.1 Å². The van der Waals surface area contributed by atoms with Crippen LogP contribution in [0.15, 0.2) is 47.7 Å². The molecular formula is C10H7N5O. The lowest BCUT2D eigenvalue weighted by Gasteiger charge is -1.96. The predicted molar refractivity (Wildman–Crippen MR) is 54.9 cm³/mol. The highest BCUT2D eigenvalue weighted by Gasteiger charge is 2.10. The molecule has 0 unspecified atom stereocenters. The highest BCUT2D eigenvalue weighted by Crippen LogP contribution is 2.11. The monoisotopic (exact) mass is 213 g/mol. The number of hydrogen-bond acceptors (Lipinski definition) is 4. The van der Waals surface area contributed by atoms with E-state index in [4.69, 9.17) is 5.26 Å². The normalized spacial score (nSPS) is 11.1. The number of rotatable bonds is 2. The van der Waals surface area contributed by atoms with Crippen LogP contribution >= 0.6 is 0 Å². The topological polar surface area (TPSA) is 80.0 Å². The lowest BCUT2D eigenvalue weighted by Crippen LogP contribution is -1.96. The van der Waals surface area contributed by atoms with Crippen molar-refractivity contribution in [3.63, 3.8) is 0 Å². The van der Waals surface area contributed by atoms with Gasteiger partial charge in [-0.2, -0.15) is 5.26 Å². The maximum atomic E-state index is 11.1. The molecule has 1 aromatic carbocycles. The SMILES string of the molecule is N#CN=[N+]([O-])c1ccn(-c2ccccc2)n1. The standard InChI is InChI=1S/C10H7N5O/c11-8-12-15(16)10-6-7-14(13-10)9-4-2-1-3-5-9/h1-7H. The number of azo groups is 1. The molecule has 0 saturated heterocycles. The van der Waals surface area contributed by atoms with Gasteiger partial charge in [0, 0.05) is 5.11 Å². The van der Waals surface area contributed by atoms with Gasteiger partial charge < -0.3 is 5.21 Å². The Morgan fingerprint density at radius 2 is 2.06 bits per heavy atom. The number of nitriles is 1. The fourth-order valence-electron chi connectivity index (χ4n) is 1.23. The van der Waals surface area contributed by atoms with Crippen molar-refractivity contribution in [2.45, 2.75) is 0 Å². The Morgan fingerprint density at radius 3 is 2.75 bits per heavy atom. The molecule has 2 rings (SSSR count). The molecule has 0 N–H and O–H groups in total. The van der Waals surface area contributed by atoms with Crippen molar-refractivity contribution in [1.82, 2.24) is 9.78 Å². The Labute approximate surface area is 91.3 Å². The van der Waals surface area contributed by atoms with Gasteiger partial charge in [-0.15, -0.1) is 9.54 Å². The second-order valence-corrected chi connectivity index (χ2v) is 2.93. The second kappa shape index (κ2) is 4.23. The second-order valence-electron chi connectivity index (χ2n) is 2.93. The fourth-order valence-corrected chi connectivity index (χ4v) is 1.23. The van der Waals surface area contributed by atoms with Crippen LogP contribution in [0.3, 0.4) is 0 Å². The summed E-state index contributed by atoms with van der Waals surface area (Å²) in [5, 5.41) is 26.4. The zero-order chi connectivity index (χ0) is 11.4. The van der Waals surface area contributed by atoms with Crippen molar-refractivity contribution in [1.29, 1.82) is 5.26 Å². The van der Waals surface area contributed by atoms with Crippen LogP contribution in [0.1, 0.15) is 0 Å². The number of hydrogen-bond donors (Lipinski definition) is 0. The Morgan fingerprint density at radius 1 is 1.31 bits per heavy atom. The summed E-state index contributed by atoms with van der Waals surface area (Å²) in [5.74, 6) is 0.0744. The molecule has 2 aromatic rings. The Balaban J connectivity index is 2.35. The molecular weight excluding hydrogens is 206 g/mol. The molecule has 0 radical (unpaired) electrons. The van der Waals surface area contributed by atoms with E-state index in [0.29, 0.717) is 0 Å². The molecule has 0 spiro atoms. The first kappa shape index (κ1) is 9.86. The maximum Gasteiger partial charge on any atom is 0.374 e. The minimum absolute atomic E-state index is 0.0744. The molecule has 1 aromatic heterocycles. The van der Waals surface area contributed by atoms with Crippen LogP contribution in [-0.4, -0.2) is 14.6 Å². The summed E-state index contributed by atoms with van der Waals surface area (Å²) in [4.78, 5) is 0.180. The third-order valence-electron chi connectivity index (χ3n) is 1.93. The summed E-state index contributed by atoms with van der Waals surface area (Å²) in [6, 6.07) is 10.8. The summed E-state index contributed by atoms with van der Waals surface area (Å²) >= 11 is 0. The molecule has 0 aliphatic heterocycles. The molecule has 0 bridgehead atoms. The maximum absolute atomic E-state index is 11.1. The molecule has 0 aliphatic carbocycles. The van der Waals surface area contributed by atoms with Gasteiger partial charge in [0.25, 0.3) is 0 Å². The quantitative estimate of drug-likeness (QED) is 0.331. The molecule has 0 aliphatic rings. The van der Waals surface area contributed by atoms with E-state index in [-0.39, 0.29) is 10.7 Å². The van der Waals surface area contributed by atoms with Gasteiger partial charge in [-0.25, -0.2) is 0 Å². The van der Waals surface area contributed by atoms with Crippen LogP contribution in [0.2, 0.25) is 0 Å². The van der Waals surface area contributed by atoms with E-state index in [0.717, 1.165) is 5.69 Å². The molecule has 0 saturated carbocycles. The highest BCUT2D eigenvalue weighted by atomic mass is 16.5. The Hall–Kier alpha value is -2.68. The molecule has 6 heteroatoms. The number of nitrogens with zero attached hydrogens (tertiary/aromatic N) is 5. The fraction of sp³-hybridized carbons (Fsp3) is 0. The van der Waals surface area contributed by atoms with Gasteiger partial charge in [0.1, 0.15) is 0 Å². The summed E-state index contributed by atoms with van der Waals surface area (Å²) in [6.45, 7) is 0. The van der Waals surface area contributed by atoms with Crippen LogP contribution in [-0.2, 0) is 0 Å². The van der Waals surface area contributed by atoms with Crippen LogP contribution in [0.5, 0.6) is 0 Å². The van der Waals surface area contributed by atoms with Crippen molar-refractivity contribution in [2.75, 3.05) is 0 Å². The summed E-state index contributed by atoms with van der Waals surface area (Å²) in [6.07, 6.45) is 3.03. The average molecular weight is 213 g/mol. The molecule has 6 nitrogen and oxygen atoms in total. The van der Waals surface area contributed by atoms with Crippen molar-refractivity contribution < 1.29 is 4.86 Å². The third-order valence-corrected chi connectivity index (χ3v) is 1.93. The van der Waals surface area contributed by atoms with Gasteiger partial charge in [-0.3, -0.25) is 0 Å². The van der Waals surface area contributed by atoms with Crippen LogP contribution in [0.25, 0.3) is 5.69 Å². The third kappa shape index (κ3) is 1.88. The minimum Gasteiger partial charge on any atom is -0.690 e. The smallest absolute Gasteiger partial charge is 0.374 e. The van der Waals surface area contributed by atoms with E-state index >= 15 is 0 Å². The van der Waals surface area contributed by atoms with E-state index in [9.17, 15) is 5.21 Å². The average Bonchev–Trinajstić information content (AvgIpc) is 2.80. The summed E-state index contributed by atoms with van der Waals surface area (Å²) in [7, 11) is 0. The van der Waals surface area contributed by atoms with E-state index < -0.39 is 0 Å².